The average Bonchev–Trinajstić information content (AvgIpc) is 2.75. The molecule has 0 aliphatic carbocycles. The van der Waals surface area contributed by atoms with Crippen molar-refractivity contribution in [1.29, 1.82) is 0 Å². The molecule has 2 nitrogen and oxygen atoms in total. The number of benzene rings is 3. The molecule has 0 radical (unpaired) electrons. The lowest BCUT2D eigenvalue weighted by molar-refractivity contribution is -0.250. The standard InChI is InChI=1S/C28H29F3O2/c1-19-7-4-10-22(15-19)18-25(13-14-26(32)23-11-5-8-20(2)16-23)27(33,28(29,30)31)24-12-6-9-21(3)17-24/h4-12,15-18,26,32-33H,13-14H2,1-3H3/b25-18+/t26-,27+/m1/s1. The molecular weight excluding hydrogens is 425 g/mol. The smallest absolute Gasteiger partial charge is 0.388 e. The molecule has 0 amide bonds. The largest absolute Gasteiger partial charge is 0.425 e. The molecule has 174 valence electrons. The number of aliphatic hydroxyl groups is 2. The van der Waals surface area contributed by atoms with Gasteiger partial charge in [-0.2, -0.15) is 13.2 Å². The van der Waals surface area contributed by atoms with Gasteiger partial charge in [0.2, 0.25) is 5.60 Å². The van der Waals surface area contributed by atoms with Crippen LogP contribution in [0.5, 0.6) is 0 Å². The van der Waals surface area contributed by atoms with Crippen LogP contribution in [-0.2, 0) is 5.60 Å². The minimum Gasteiger partial charge on any atom is -0.388 e. The van der Waals surface area contributed by atoms with Crippen LogP contribution in [0.1, 0.15) is 52.3 Å². The molecule has 2 N–H and O–H groups in total. The molecule has 2 atom stereocenters. The van der Waals surface area contributed by atoms with Crippen molar-refractivity contribution in [3.8, 4) is 0 Å². The fourth-order valence-corrected chi connectivity index (χ4v) is 4.06. The average molecular weight is 455 g/mol. The van der Waals surface area contributed by atoms with Gasteiger partial charge in [-0.05, 0) is 55.9 Å². The zero-order valence-corrected chi connectivity index (χ0v) is 19.0. The Morgan fingerprint density at radius 1 is 0.848 bits per heavy atom. The first kappa shape index (κ1) is 24.7. The molecule has 0 aliphatic heterocycles. The number of aryl methyl sites for hydroxylation is 3. The molecular formula is C28H29F3O2. The Morgan fingerprint density at radius 3 is 2.00 bits per heavy atom. The summed E-state index contributed by atoms with van der Waals surface area (Å²) in [6.07, 6.45) is -4.63. The van der Waals surface area contributed by atoms with Crippen molar-refractivity contribution in [2.24, 2.45) is 0 Å². The minimum absolute atomic E-state index is 0.0330. The second-order valence-corrected chi connectivity index (χ2v) is 8.63. The highest BCUT2D eigenvalue weighted by Gasteiger charge is 2.57. The molecule has 33 heavy (non-hydrogen) atoms. The maximum atomic E-state index is 14.5. The van der Waals surface area contributed by atoms with Crippen LogP contribution in [0.15, 0.2) is 78.4 Å². The third-order valence-electron chi connectivity index (χ3n) is 5.81. The van der Waals surface area contributed by atoms with Gasteiger partial charge in [0.25, 0.3) is 0 Å². The van der Waals surface area contributed by atoms with E-state index in [-0.39, 0.29) is 24.0 Å². The summed E-state index contributed by atoms with van der Waals surface area (Å²) in [7, 11) is 0. The van der Waals surface area contributed by atoms with E-state index in [1.165, 1.54) is 24.3 Å². The van der Waals surface area contributed by atoms with Gasteiger partial charge in [0, 0.05) is 0 Å². The first-order chi connectivity index (χ1) is 15.5. The van der Waals surface area contributed by atoms with Crippen LogP contribution in [0.25, 0.3) is 6.08 Å². The van der Waals surface area contributed by atoms with E-state index in [0.29, 0.717) is 16.7 Å². The van der Waals surface area contributed by atoms with E-state index < -0.39 is 17.9 Å². The molecule has 5 heteroatoms. The van der Waals surface area contributed by atoms with Gasteiger partial charge in [-0.25, -0.2) is 0 Å². The topological polar surface area (TPSA) is 40.5 Å². The summed E-state index contributed by atoms with van der Waals surface area (Å²) in [6, 6.07) is 20.2. The first-order valence-electron chi connectivity index (χ1n) is 10.9. The monoisotopic (exact) mass is 454 g/mol. The van der Waals surface area contributed by atoms with Gasteiger partial charge in [-0.3, -0.25) is 0 Å². The first-order valence-corrected chi connectivity index (χ1v) is 10.9. The van der Waals surface area contributed by atoms with E-state index in [2.05, 4.69) is 0 Å². The molecule has 0 fully saturated rings. The summed E-state index contributed by atoms with van der Waals surface area (Å²) >= 11 is 0. The molecule has 0 bridgehead atoms. The summed E-state index contributed by atoms with van der Waals surface area (Å²) in [6.45, 7) is 5.43. The molecule has 0 aliphatic rings. The van der Waals surface area contributed by atoms with Gasteiger partial charge >= 0.3 is 6.18 Å². The van der Waals surface area contributed by atoms with Crippen LogP contribution in [0.3, 0.4) is 0 Å². The predicted octanol–water partition coefficient (Wildman–Crippen LogP) is 6.96. The summed E-state index contributed by atoms with van der Waals surface area (Å²) < 4.78 is 43.5. The van der Waals surface area contributed by atoms with Crippen molar-refractivity contribution in [2.45, 2.75) is 51.5 Å². The second-order valence-electron chi connectivity index (χ2n) is 8.63. The normalized spacial score (nSPS) is 15.2. The lowest BCUT2D eigenvalue weighted by atomic mass is 9.80. The van der Waals surface area contributed by atoms with E-state index in [9.17, 15) is 23.4 Å². The highest BCUT2D eigenvalue weighted by atomic mass is 19.4. The zero-order chi connectivity index (χ0) is 24.2. The van der Waals surface area contributed by atoms with Gasteiger partial charge < -0.3 is 10.2 Å². The maximum Gasteiger partial charge on any atom is 0.425 e. The molecule has 0 aromatic heterocycles. The Morgan fingerprint density at radius 2 is 1.42 bits per heavy atom. The predicted molar refractivity (Wildman–Crippen MR) is 126 cm³/mol. The lowest BCUT2D eigenvalue weighted by Gasteiger charge is -2.34. The Hall–Kier alpha value is -2.89. The van der Waals surface area contributed by atoms with Gasteiger partial charge in [-0.15, -0.1) is 0 Å². The van der Waals surface area contributed by atoms with Crippen LogP contribution in [0.4, 0.5) is 13.2 Å². The molecule has 3 aromatic rings. The van der Waals surface area contributed by atoms with Crippen molar-refractivity contribution in [3.63, 3.8) is 0 Å². The van der Waals surface area contributed by atoms with E-state index in [0.717, 1.165) is 11.1 Å². The van der Waals surface area contributed by atoms with Crippen molar-refractivity contribution in [1.82, 2.24) is 0 Å². The molecule has 0 heterocycles. The summed E-state index contributed by atoms with van der Waals surface area (Å²) in [5, 5.41) is 22.0. The molecule has 0 saturated heterocycles. The zero-order valence-electron chi connectivity index (χ0n) is 19.0. The fraction of sp³-hybridized carbons (Fsp3) is 0.286. The fourth-order valence-electron chi connectivity index (χ4n) is 4.06. The van der Waals surface area contributed by atoms with E-state index in [1.54, 1.807) is 43.3 Å². The highest BCUT2D eigenvalue weighted by Crippen LogP contribution is 2.47. The summed E-state index contributed by atoms with van der Waals surface area (Å²) in [5.41, 5.74) is 0.0282. The number of rotatable bonds is 7. The number of alkyl halides is 3. The number of hydrogen-bond acceptors (Lipinski definition) is 2. The second kappa shape index (κ2) is 9.94. The Bertz CT molecular complexity index is 1130. The maximum absolute atomic E-state index is 14.5. The van der Waals surface area contributed by atoms with Crippen LogP contribution >= 0.6 is 0 Å². The van der Waals surface area contributed by atoms with Crippen molar-refractivity contribution in [2.75, 3.05) is 0 Å². The number of hydrogen-bond donors (Lipinski definition) is 2. The Kier molecular flexibility index (Phi) is 7.45. The van der Waals surface area contributed by atoms with Crippen molar-refractivity contribution < 1.29 is 23.4 Å². The van der Waals surface area contributed by atoms with Crippen LogP contribution < -0.4 is 0 Å². The Balaban J connectivity index is 2.08. The van der Waals surface area contributed by atoms with Gasteiger partial charge in [-0.1, -0.05) is 95.6 Å². The third kappa shape index (κ3) is 5.73. The van der Waals surface area contributed by atoms with Gasteiger partial charge in [0.15, 0.2) is 0 Å². The molecule has 3 rings (SSSR count). The number of halogens is 3. The molecule has 0 unspecified atom stereocenters. The van der Waals surface area contributed by atoms with Crippen LogP contribution in [0.2, 0.25) is 0 Å². The highest BCUT2D eigenvalue weighted by molar-refractivity contribution is 5.58. The van der Waals surface area contributed by atoms with E-state index in [1.807, 2.05) is 32.0 Å². The molecule has 0 saturated carbocycles. The van der Waals surface area contributed by atoms with Crippen LogP contribution in [0, 0.1) is 20.8 Å². The van der Waals surface area contributed by atoms with Gasteiger partial charge in [0.05, 0.1) is 6.10 Å². The number of aliphatic hydroxyl groups excluding tert-OH is 1. The quantitative estimate of drug-likeness (QED) is 0.405. The Labute approximate surface area is 193 Å². The van der Waals surface area contributed by atoms with Crippen molar-refractivity contribution >= 4 is 6.08 Å². The van der Waals surface area contributed by atoms with Crippen molar-refractivity contribution in [3.05, 3.63) is 112 Å². The summed E-state index contributed by atoms with van der Waals surface area (Å²) in [5.74, 6) is 0. The van der Waals surface area contributed by atoms with E-state index in [4.69, 9.17) is 0 Å². The van der Waals surface area contributed by atoms with Gasteiger partial charge in [0.1, 0.15) is 0 Å². The molecule has 3 aromatic carbocycles. The molecule has 0 spiro atoms. The lowest BCUT2D eigenvalue weighted by Crippen LogP contribution is -2.44. The summed E-state index contributed by atoms with van der Waals surface area (Å²) in [4.78, 5) is 0. The minimum atomic E-state index is -4.95. The third-order valence-corrected chi connectivity index (χ3v) is 5.81. The SMILES string of the molecule is Cc1cccc(/C=C(\CC[C@@H](O)c2cccc(C)c2)[C@@](O)(c2cccc(C)c2)C(F)(F)F)c1. The van der Waals surface area contributed by atoms with E-state index >= 15 is 0 Å². The van der Waals surface area contributed by atoms with Crippen LogP contribution in [-0.4, -0.2) is 16.4 Å².